The van der Waals surface area contributed by atoms with Gasteiger partial charge in [-0.25, -0.2) is 0 Å². The van der Waals surface area contributed by atoms with Gasteiger partial charge < -0.3 is 5.11 Å². The van der Waals surface area contributed by atoms with Crippen molar-refractivity contribution < 1.29 is 5.11 Å². The van der Waals surface area contributed by atoms with Crippen LogP contribution in [0.3, 0.4) is 0 Å². The van der Waals surface area contributed by atoms with Gasteiger partial charge in [0.05, 0.1) is 0 Å². The standard InChI is InChI=1S/C9H16O/c10-7-8-6-9(8)4-2-1-3-5-9/h8,10H,1-7H2/t8-/m1/s1. The van der Waals surface area contributed by atoms with Crippen LogP contribution in [0, 0.1) is 11.3 Å². The number of hydrogen-bond acceptors (Lipinski definition) is 1. The predicted octanol–water partition coefficient (Wildman–Crippen LogP) is 1.95. The van der Waals surface area contributed by atoms with E-state index in [-0.39, 0.29) is 0 Å². The lowest BCUT2D eigenvalue weighted by atomic mass is 9.84. The first-order valence-electron chi connectivity index (χ1n) is 4.48. The van der Waals surface area contributed by atoms with Crippen molar-refractivity contribution in [2.75, 3.05) is 6.61 Å². The van der Waals surface area contributed by atoms with E-state index in [1.54, 1.807) is 0 Å². The minimum absolute atomic E-state index is 0.444. The molecule has 0 radical (unpaired) electrons. The lowest BCUT2D eigenvalue weighted by Crippen LogP contribution is -2.10. The number of aliphatic hydroxyl groups excluding tert-OH is 1. The monoisotopic (exact) mass is 140 g/mol. The maximum Gasteiger partial charge on any atom is 0.0464 e. The second kappa shape index (κ2) is 2.23. The van der Waals surface area contributed by atoms with Gasteiger partial charge in [0.25, 0.3) is 0 Å². The molecular formula is C9H16O. The number of aliphatic hydroxyl groups is 1. The Kier molecular flexibility index (Phi) is 1.48. The van der Waals surface area contributed by atoms with Gasteiger partial charge in [-0.05, 0) is 30.6 Å². The molecule has 2 fully saturated rings. The average molecular weight is 140 g/mol. The Balaban J connectivity index is 1.92. The van der Waals surface area contributed by atoms with Crippen LogP contribution in [0.4, 0.5) is 0 Å². The lowest BCUT2D eigenvalue weighted by molar-refractivity contribution is 0.222. The Labute approximate surface area is 62.4 Å². The van der Waals surface area contributed by atoms with Gasteiger partial charge in [0.15, 0.2) is 0 Å². The van der Waals surface area contributed by atoms with E-state index in [1.807, 2.05) is 0 Å². The highest BCUT2D eigenvalue weighted by atomic mass is 16.3. The Hall–Kier alpha value is -0.0400. The topological polar surface area (TPSA) is 20.2 Å². The summed E-state index contributed by atoms with van der Waals surface area (Å²) >= 11 is 0. The summed E-state index contributed by atoms with van der Waals surface area (Å²) in [4.78, 5) is 0. The third-order valence-corrected chi connectivity index (χ3v) is 3.43. The van der Waals surface area contributed by atoms with Crippen LogP contribution < -0.4 is 0 Å². The maximum absolute atomic E-state index is 8.92. The van der Waals surface area contributed by atoms with Gasteiger partial charge in [-0.1, -0.05) is 19.3 Å². The second-order valence-corrected chi connectivity index (χ2v) is 4.01. The van der Waals surface area contributed by atoms with Crippen LogP contribution in [0.5, 0.6) is 0 Å². The molecule has 0 unspecified atom stereocenters. The van der Waals surface area contributed by atoms with Gasteiger partial charge in [-0.15, -0.1) is 0 Å². The molecule has 1 N–H and O–H groups in total. The fraction of sp³-hybridized carbons (Fsp3) is 1.00. The van der Waals surface area contributed by atoms with Crippen LogP contribution in [-0.2, 0) is 0 Å². The molecule has 0 amide bonds. The molecule has 0 heterocycles. The van der Waals surface area contributed by atoms with Crippen LogP contribution >= 0.6 is 0 Å². The van der Waals surface area contributed by atoms with Crippen molar-refractivity contribution in [1.82, 2.24) is 0 Å². The average Bonchev–Trinajstić information content (AvgIpc) is 2.65. The van der Waals surface area contributed by atoms with E-state index in [9.17, 15) is 0 Å². The van der Waals surface area contributed by atoms with E-state index in [0.29, 0.717) is 17.9 Å². The summed E-state index contributed by atoms with van der Waals surface area (Å²) in [5, 5.41) is 8.92. The fourth-order valence-corrected chi connectivity index (χ4v) is 2.56. The molecule has 0 aromatic rings. The van der Waals surface area contributed by atoms with Gasteiger partial charge >= 0.3 is 0 Å². The molecule has 0 aliphatic heterocycles. The highest BCUT2D eigenvalue weighted by molar-refractivity contribution is 5.02. The van der Waals surface area contributed by atoms with E-state index in [1.165, 1.54) is 38.5 Å². The molecular weight excluding hydrogens is 124 g/mol. The molecule has 0 aromatic heterocycles. The van der Waals surface area contributed by atoms with Crippen LogP contribution in [0.15, 0.2) is 0 Å². The van der Waals surface area contributed by atoms with Crippen molar-refractivity contribution >= 4 is 0 Å². The van der Waals surface area contributed by atoms with Crippen LogP contribution in [0.25, 0.3) is 0 Å². The minimum Gasteiger partial charge on any atom is -0.396 e. The largest absolute Gasteiger partial charge is 0.396 e. The molecule has 10 heavy (non-hydrogen) atoms. The summed E-state index contributed by atoms with van der Waals surface area (Å²) in [6.45, 7) is 0.444. The minimum atomic E-state index is 0.444. The Bertz CT molecular complexity index is 125. The zero-order chi connectivity index (χ0) is 7.03. The Morgan fingerprint density at radius 2 is 1.90 bits per heavy atom. The van der Waals surface area contributed by atoms with Crippen molar-refractivity contribution in [2.24, 2.45) is 11.3 Å². The second-order valence-electron chi connectivity index (χ2n) is 4.01. The molecule has 1 heteroatoms. The summed E-state index contributed by atoms with van der Waals surface area (Å²) in [5.41, 5.74) is 0.646. The quantitative estimate of drug-likeness (QED) is 0.590. The number of hydrogen-bond donors (Lipinski definition) is 1. The van der Waals surface area contributed by atoms with Gasteiger partial charge in [-0.3, -0.25) is 0 Å². The summed E-state index contributed by atoms with van der Waals surface area (Å²) in [6, 6.07) is 0. The molecule has 2 saturated carbocycles. The van der Waals surface area contributed by atoms with Gasteiger partial charge in [-0.2, -0.15) is 0 Å². The van der Waals surface area contributed by atoms with E-state index in [2.05, 4.69) is 0 Å². The van der Waals surface area contributed by atoms with Gasteiger partial charge in [0, 0.05) is 6.61 Å². The molecule has 58 valence electrons. The zero-order valence-electron chi connectivity index (χ0n) is 6.47. The highest BCUT2D eigenvalue weighted by Crippen LogP contribution is 2.60. The first-order chi connectivity index (χ1) is 4.87. The van der Waals surface area contributed by atoms with E-state index in [4.69, 9.17) is 5.11 Å². The molecule has 1 atom stereocenters. The van der Waals surface area contributed by atoms with Crippen molar-refractivity contribution in [1.29, 1.82) is 0 Å². The zero-order valence-corrected chi connectivity index (χ0v) is 6.47. The lowest BCUT2D eigenvalue weighted by Gasteiger charge is -2.21. The smallest absolute Gasteiger partial charge is 0.0464 e. The van der Waals surface area contributed by atoms with Crippen LogP contribution in [0.1, 0.15) is 38.5 Å². The first kappa shape index (κ1) is 6.66. The van der Waals surface area contributed by atoms with Gasteiger partial charge in [0.1, 0.15) is 0 Å². The van der Waals surface area contributed by atoms with Crippen molar-refractivity contribution in [2.45, 2.75) is 38.5 Å². The third-order valence-electron chi connectivity index (χ3n) is 3.43. The summed E-state index contributed by atoms with van der Waals surface area (Å²) in [6.07, 6.45) is 8.38. The Morgan fingerprint density at radius 3 is 2.40 bits per heavy atom. The van der Waals surface area contributed by atoms with E-state index < -0.39 is 0 Å². The normalized spacial score (nSPS) is 36.3. The van der Waals surface area contributed by atoms with Crippen LogP contribution in [0.2, 0.25) is 0 Å². The molecule has 1 spiro atoms. The van der Waals surface area contributed by atoms with Crippen molar-refractivity contribution in [3.8, 4) is 0 Å². The van der Waals surface area contributed by atoms with Crippen molar-refractivity contribution in [3.63, 3.8) is 0 Å². The van der Waals surface area contributed by atoms with E-state index in [0.717, 1.165) is 0 Å². The Morgan fingerprint density at radius 1 is 1.20 bits per heavy atom. The van der Waals surface area contributed by atoms with Crippen molar-refractivity contribution in [3.05, 3.63) is 0 Å². The molecule has 0 bridgehead atoms. The summed E-state index contributed by atoms with van der Waals surface area (Å²) in [5.74, 6) is 0.688. The molecule has 1 nitrogen and oxygen atoms in total. The molecule has 0 aromatic carbocycles. The maximum atomic E-state index is 8.92. The molecule has 2 rings (SSSR count). The van der Waals surface area contributed by atoms with E-state index >= 15 is 0 Å². The van der Waals surface area contributed by atoms with Crippen LogP contribution in [-0.4, -0.2) is 11.7 Å². The highest BCUT2D eigenvalue weighted by Gasteiger charge is 2.52. The SMILES string of the molecule is OC[C@H]1CC12CCCCC2. The number of rotatable bonds is 1. The summed E-state index contributed by atoms with van der Waals surface area (Å²) < 4.78 is 0. The van der Waals surface area contributed by atoms with Gasteiger partial charge in [0.2, 0.25) is 0 Å². The molecule has 2 aliphatic carbocycles. The fourth-order valence-electron chi connectivity index (χ4n) is 2.56. The molecule has 0 saturated heterocycles. The third kappa shape index (κ3) is 0.878. The summed E-state index contributed by atoms with van der Waals surface area (Å²) in [7, 11) is 0. The predicted molar refractivity (Wildman–Crippen MR) is 40.7 cm³/mol. The molecule has 2 aliphatic rings. The first-order valence-corrected chi connectivity index (χ1v) is 4.48.